The first-order valence-corrected chi connectivity index (χ1v) is 17.3. The second-order valence-electron chi connectivity index (χ2n) is 14.8. The quantitative estimate of drug-likeness (QED) is 0.145. The fourth-order valence-electron chi connectivity index (χ4n) is 9.85. The Bertz CT molecular complexity index is 1310. The van der Waals surface area contributed by atoms with Gasteiger partial charge in [-0.25, -0.2) is 9.59 Å². The predicted molar refractivity (Wildman–Crippen MR) is 173 cm³/mol. The van der Waals surface area contributed by atoms with Gasteiger partial charge >= 0.3 is 18.0 Å². The number of esters is 1. The molecule has 0 spiro atoms. The average molecular weight is 637 g/mol. The molecule has 5 rings (SSSR count). The van der Waals surface area contributed by atoms with Gasteiger partial charge in [0.05, 0.1) is 0 Å². The Morgan fingerprint density at radius 2 is 1.78 bits per heavy atom. The number of hydrogen-bond donors (Lipinski definition) is 3. The lowest BCUT2D eigenvalue weighted by Gasteiger charge is -2.58. The van der Waals surface area contributed by atoms with Crippen LogP contribution in [-0.4, -0.2) is 47.7 Å². The number of fused-ring (bicyclic) bond motifs is 5. The molecule has 0 aliphatic heterocycles. The molecule has 46 heavy (non-hydrogen) atoms. The Kier molecular flexibility index (Phi) is 10.5. The zero-order valence-corrected chi connectivity index (χ0v) is 27.9. The third-order valence-corrected chi connectivity index (χ3v) is 12.3. The summed E-state index contributed by atoms with van der Waals surface area (Å²) in [6.45, 7) is 8.84. The molecule has 0 unspecified atom stereocenters. The number of nitrogens with one attached hydrogen (secondary N) is 2. The first kappa shape index (κ1) is 34.0. The maximum Gasteiger partial charge on any atom is 0.408 e. The van der Waals surface area contributed by atoms with E-state index in [2.05, 4.69) is 37.5 Å². The molecule has 4 aliphatic carbocycles. The van der Waals surface area contributed by atoms with Crippen LogP contribution < -0.4 is 10.6 Å². The maximum absolute atomic E-state index is 13.4. The summed E-state index contributed by atoms with van der Waals surface area (Å²) in [5.41, 5.74) is 2.59. The van der Waals surface area contributed by atoms with Crippen LogP contribution in [0.4, 0.5) is 4.79 Å². The first-order valence-electron chi connectivity index (χ1n) is 17.3. The fourth-order valence-corrected chi connectivity index (χ4v) is 9.85. The van der Waals surface area contributed by atoms with E-state index in [4.69, 9.17) is 9.47 Å². The summed E-state index contributed by atoms with van der Waals surface area (Å²) in [7, 11) is 0. The van der Waals surface area contributed by atoms with Crippen molar-refractivity contribution in [3.8, 4) is 0 Å². The third kappa shape index (κ3) is 7.13. The molecule has 0 heterocycles. The second kappa shape index (κ2) is 14.2. The van der Waals surface area contributed by atoms with Gasteiger partial charge in [0.1, 0.15) is 18.8 Å². The van der Waals surface area contributed by atoms with E-state index in [1.165, 1.54) is 18.9 Å². The number of alkyl carbamates (subject to hydrolysis) is 1. The number of rotatable bonds is 11. The SMILES string of the molecule is CC(=O)O[C@H]1CC[C@@]2(C)C(=CC[C@H]3[C@@H]4CC[C@H]([C@H](C)C(=O)NCCC[C@H](NC(=O)OCc5ccccc5)C(=O)O)[C@@]4(C)CC[C@@H]32)C1. The summed E-state index contributed by atoms with van der Waals surface area (Å²) in [5.74, 6) is 0.740. The third-order valence-electron chi connectivity index (χ3n) is 12.3. The Morgan fingerprint density at radius 1 is 1.02 bits per heavy atom. The highest BCUT2D eigenvalue weighted by atomic mass is 16.5. The molecule has 0 saturated heterocycles. The number of aliphatic carboxylic acids is 1. The zero-order chi connectivity index (χ0) is 33.1. The highest BCUT2D eigenvalue weighted by molar-refractivity contribution is 5.80. The van der Waals surface area contributed by atoms with Gasteiger partial charge in [0.2, 0.25) is 5.91 Å². The monoisotopic (exact) mass is 636 g/mol. The number of carbonyl (C=O) groups excluding carboxylic acids is 3. The summed E-state index contributed by atoms with van der Waals surface area (Å²) in [6, 6.07) is 8.10. The fraction of sp³-hybridized carbons (Fsp3) is 0.676. The van der Waals surface area contributed by atoms with Crippen LogP contribution in [0, 0.1) is 40.4 Å². The minimum absolute atomic E-state index is 0.00478. The lowest BCUT2D eigenvalue weighted by molar-refractivity contribution is -0.148. The largest absolute Gasteiger partial charge is 0.480 e. The molecule has 9 atom stereocenters. The number of carbonyl (C=O) groups is 4. The lowest BCUT2D eigenvalue weighted by Crippen LogP contribution is -2.51. The van der Waals surface area contributed by atoms with E-state index in [1.54, 1.807) is 0 Å². The molecule has 1 aromatic carbocycles. The van der Waals surface area contributed by atoms with Gasteiger partial charge in [0.15, 0.2) is 0 Å². The summed E-state index contributed by atoms with van der Waals surface area (Å²) >= 11 is 0. The van der Waals surface area contributed by atoms with Crippen molar-refractivity contribution in [2.24, 2.45) is 40.4 Å². The number of amides is 2. The molecule has 0 bridgehead atoms. The van der Waals surface area contributed by atoms with Crippen LogP contribution in [-0.2, 0) is 30.5 Å². The van der Waals surface area contributed by atoms with Crippen molar-refractivity contribution in [2.75, 3.05) is 6.54 Å². The van der Waals surface area contributed by atoms with Gasteiger partial charge in [-0.15, -0.1) is 0 Å². The van der Waals surface area contributed by atoms with Crippen LogP contribution in [0.2, 0.25) is 0 Å². The van der Waals surface area contributed by atoms with E-state index in [9.17, 15) is 24.3 Å². The molecule has 0 radical (unpaired) electrons. The van der Waals surface area contributed by atoms with Crippen molar-refractivity contribution in [3.05, 3.63) is 47.5 Å². The predicted octanol–water partition coefficient (Wildman–Crippen LogP) is 6.41. The van der Waals surface area contributed by atoms with Gasteiger partial charge in [0.25, 0.3) is 0 Å². The molecule has 2 amide bonds. The summed E-state index contributed by atoms with van der Waals surface area (Å²) in [5, 5.41) is 15.1. The Hall–Kier alpha value is -3.36. The minimum atomic E-state index is -1.13. The average Bonchev–Trinajstić information content (AvgIpc) is 3.38. The van der Waals surface area contributed by atoms with Crippen LogP contribution in [0.3, 0.4) is 0 Å². The molecule has 4 aliphatic rings. The molecule has 252 valence electrons. The number of carboxylic acids is 1. The summed E-state index contributed by atoms with van der Waals surface area (Å²) < 4.78 is 10.8. The zero-order valence-electron chi connectivity index (χ0n) is 27.9. The molecule has 3 N–H and O–H groups in total. The maximum atomic E-state index is 13.4. The van der Waals surface area contributed by atoms with E-state index in [-0.39, 0.29) is 47.8 Å². The Labute approximate surface area is 273 Å². The van der Waals surface area contributed by atoms with E-state index in [0.29, 0.717) is 36.6 Å². The molecule has 3 saturated carbocycles. The van der Waals surface area contributed by atoms with Crippen LogP contribution in [0.5, 0.6) is 0 Å². The van der Waals surface area contributed by atoms with E-state index >= 15 is 0 Å². The summed E-state index contributed by atoms with van der Waals surface area (Å²) in [4.78, 5) is 48.9. The van der Waals surface area contributed by atoms with E-state index in [1.807, 2.05) is 30.3 Å². The molecule has 0 aromatic heterocycles. The van der Waals surface area contributed by atoms with Crippen molar-refractivity contribution in [1.82, 2.24) is 10.6 Å². The molecule has 9 heteroatoms. The van der Waals surface area contributed by atoms with E-state index in [0.717, 1.165) is 50.5 Å². The summed E-state index contributed by atoms with van der Waals surface area (Å²) in [6.07, 6.45) is 10.8. The Balaban J connectivity index is 1.10. The van der Waals surface area contributed by atoms with Gasteiger partial charge in [-0.3, -0.25) is 9.59 Å². The van der Waals surface area contributed by atoms with Crippen molar-refractivity contribution in [1.29, 1.82) is 0 Å². The molecule has 1 aromatic rings. The van der Waals surface area contributed by atoms with Gasteiger partial charge < -0.3 is 25.2 Å². The van der Waals surface area contributed by atoms with Gasteiger partial charge in [-0.1, -0.05) is 62.8 Å². The minimum Gasteiger partial charge on any atom is -0.480 e. The topological polar surface area (TPSA) is 131 Å². The molecular formula is C37H52N2O7. The van der Waals surface area contributed by atoms with Gasteiger partial charge in [-0.2, -0.15) is 0 Å². The highest BCUT2D eigenvalue weighted by Gasteiger charge is 2.59. The van der Waals surface area contributed by atoms with E-state index < -0.39 is 18.1 Å². The van der Waals surface area contributed by atoms with Crippen LogP contribution in [0.15, 0.2) is 42.0 Å². The van der Waals surface area contributed by atoms with Crippen molar-refractivity contribution >= 4 is 23.9 Å². The normalized spacial score (nSPS) is 32.8. The van der Waals surface area contributed by atoms with Crippen LogP contribution in [0.25, 0.3) is 0 Å². The Morgan fingerprint density at radius 3 is 2.50 bits per heavy atom. The standard InChI is InChI=1S/C37H52N2O7/c1-23(33(41)38-20-8-11-32(34(42)43)39-35(44)45-22-25-9-6-5-7-10-25)29-14-15-30-28-13-12-26-21-27(46-24(2)40)16-18-36(26,3)31(28)17-19-37(29,30)4/h5-7,9-10,12,23,27-32H,8,11,13-22H2,1-4H3,(H,38,41)(H,39,44)(H,42,43)/t23-,27-,28-,29+,30-,31-,32-,36-,37+/m0/s1. The van der Waals surface area contributed by atoms with Crippen molar-refractivity contribution in [2.45, 2.75) is 111 Å². The number of carboxylic acid groups (broad SMARTS) is 1. The second-order valence-corrected chi connectivity index (χ2v) is 14.8. The van der Waals surface area contributed by atoms with Crippen molar-refractivity contribution in [3.63, 3.8) is 0 Å². The molecular weight excluding hydrogens is 584 g/mol. The highest BCUT2D eigenvalue weighted by Crippen LogP contribution is 2.67. The number of allylic oxidation sites excluding steroid dienone is 1. The number of ether oxygens (including phenoxy) is 2. The lowest BCUT2D eigenvalue weighted by atomic mass is 9.47. The van der Waals surface area contributed by atoms with Crippen molar-refractivity contribution < 1.29 is 33.8 Å². The van der Waals surface area contributed by atoms with Gasteiger partial charge in [0, 0.05) is 25.8 Å². The number of hydrogen-bond acceptors (Lipinski definition) is 6. The van der Waals surface area contributed by atoms with Crippen LogP contribution >= 0.6 is 0 Å². The molecule has 3 fully saturated rings. The van der Waals surface area contributed by atoms with Gasteiger partial charge in [-0.05, 0) is 97.9 Å². The molecule has 9 nitrogen and oxygen atoms in total. The first-order chi connectivity index (χ1) is 21.9. The van der Waals surface area contributed by atoms with Crippen LogP contribution in [0.1, 0.15) is 97.5 Å². The smallest absolute Gasteiger partial charge is 0.408 e. The number of benzene rings is 1.